The van der Waals surface area contributed by atoms with Crippen LogP contribution in [-0.4, -0.2) is 31.0 Å². The number of anilines is 1. The van der Waals surface area contributed by atoms with Crippen molar-refractivity contribution in [1.29, 1.82) is 0 Å². The summed E-state index contributed by atoms with van der Waals surface area (Å²) in [5.41, 5.74) is 6.59. The second-order valence-electron chi connectivity index (χ2n) is 5.21. The molecule has 6 heteroatoms. The average molecular weight is 294 g/mol. The van der Waals surface area contributed by atoms with Crippen LogP contribution in [-0.2, 0) is 9.59 Å². The molecule has 6 N–H and O–H groups in total. The van der Waals surface area contributed by atoms with Gasteiger partial charge in [0.15, 0.2) is 0 Å². The molecule has 0 unspecified atom stereocenters. The van der Waals surface area contributed by atoms with Gasteiger partial charge in [0.25, 0.3) is 0 Å². The fraction of sp³-hybridized carbons (Fsp3) is 0.467. The highest BCUT2D eigenvalue weighted by molar-refractivity contribution is 5.93. The van der Waals surface area contributed by atoms with E-state index in [1.165, 1.54) is 0 Å². The van der Waals surface area contributed by atoms with Crippen LogP contribution in [0.4, 0.5) is 5.69 Å². The number of hydrogen-bond acceptors (Lipinski definition) is 3. The van der Waals surface area contributed by atoms with Gasteiger partial charge in [-0.05, 0) is 37.1 Å². The van der Waals surface area contributed by atoms with Gasteiger partial charge >= 0.3 is 0 Å². The third-order valence-corrected chi connectivity index (χ3v) is 3.40. The van der Waals surface area contributed by atoms with Crippen molar-refractivity contribution in [3.63, 3.8) is 0 Å². The van der Waals surface area contributed by atoms with E-state index in [9.17, 15) is 14.7 Å². The first kappa shape index (κ1) is 17.1. The van der Waals surface area contributed by atoms with E-state index in [1.807, 2.05) is 26.0 Å². The summed E-state index contributed by atoms with van der Waals surface area (Å²) in [5, 5.41) is 15.4. The Kier molecular flexibility index (Phi) is 6.84. The van der Waals surface area contributed by atoms with Gasteiger partial charge in [0.2, 0.25) is 5.91 Å². The van der Waals surface area contributed by atoms with Crippen molar-refractivity contribution >= 4 is 17.6 Å². The van der Waals surface area contributed by atoms with Crippen LogP contribution >= 0.6 is 0 Å². The number of aryl methyl sites for hydroxylation is 2. The van der Waals surface area contributed by atoms with Crippen molar-refractivity contribution < 1.29 is 25.7 Å². The predicted molar refractivity (Wildman–Crippen MR) is 77.1 cm³/mol. The van der Waals surface area contributed by atoms with Crippen LogP contribution in [0, 0.1) is 13.8 Å². The highest BCUT2D eigenvalue weighted by Crippen LogP contribution is 2.14. The molecule has 0 aliphatic carbocycles. The predicted octanol–water partition coefficient (Wildman–Crippen LogP) is -2.05. The topological polar surface area (TPSA) is 113 Å². The lowest BCUT2D eigenvalue weighted by Crippen LogP contribution is -2.93. The highest BCUT2D eigenvalue weighted by Gasteiger charge is 2.18. The molecule has 0 bridgehead atoms. The summed E-state index contributed by atoms with van der Waals surface area (Å²) in [6, 6.07) is 4.74. The normalized spacial score (nSPS) is 12.0. The van der Waals surface area contributed by atoms with Crippen LogP contribution in [0.5, 0.6) is 0 Å². The number of quaternary nitrogens is 2. The van der Waals surface area contributed by atoms with E-state index >= 15 is 0 Å². The maximum absolute atomic E-state index is 11.9. The standard InChI is InChI=1S/C15H23N3O3/c1-10-4-5-12(8-11(10)2)18-14(19)9-13(15(20)21)17-7-3-6-16/h4-5,8,13,17H,3,6-7,9,16H2,1-2H3,(H,18,19)(H,20,21)/p+1/t13-/m0/s1. The molecular formula is C15H24N3O3+. The molecule has 1 atom stereocenters. The smallest absolute Gasteiger partial charge is 0.230 e. The number of carboxylic acids is 1. The third-order valence-electron chi connectivity index (χ3n) is 3.40. The molecule has 1 amide bonds. The molecule has 0 saturated carbocycles. The van der Waals surface area contributed by atoms with Crippen LogP contribution in [0.3, 0.4) is 0 Å². The SMILES string of the molecule is Cc1ccc(NC(=O)C[C@H]([NH2+]CCC[NH3+])C(=O)[O-])cc1C. The zero-order valence-electron chi connectivity index (χ0n) is 12.6. The second kappa shape index (κ2) is 8.39. The summed E-state index contributed by atoms with van der Waals surface area (Å²) >= 11 is 0. The molecule has 6 nitrogen and oxygen atoms in total. The highest BCUT2D eigenvalue weighted by atomic mass is 16.4. The van der Waals surface area contributed by atoms with Crippen molar-refractivity contribution in [2.24, 2.45) is 0 Å². The van der Waals surface area contributed by atoms with Crippen LogP contribution in [0.1, 0.15) is 24.0 Å². The summed E-state index contributed by atoms with van der Waals surface area (Å²) in [6.45, 7) is 5.32. The van der Waals surface area contributed by atoms with Gasteiger partial charge in [0, 0.05) is 12.1 Å². The monoisotopic (exact) mass is 294 g/mol. The molecule has 0 heterocycles. The van der Waals surface area contributed by atoms with Gasteiger partial charge < -0.3 is 26.3 Å². The first-order chi connectivity index (χ1) is 9.93. The fourth-order valence-corrected chi connectivity index (χ4v) is 1.96. The van der Waals surface area contributed by atoms with Crippen molar-refractivity contribution in [2.45, 2.75) is 32.7 Å². The fourth-order valence-electron chi connectivity index (χ4n) is 1.96. The number of carbonyl (C=O) groups is 2. The Morgan fingerprint density at radius 1 is 1.33 bits per heavy atom. The lowest BCUT2D eigenvalue weighted by molar-refractivity contribution is -0.684. The number of carboxylic acid groups (broad SMARTS) is 1. The number of nitrogens with one attached hydrogen (secondary N) is 1. The van der Waals surface area contributed by atoms with Crippen LogP contribution in [0.25, 0.3) is 0 Å². The number of nitrogens with two attached hydrogens (primary N) is 1. The zero-order chi connectivity index (χ0) is 15.8. The second-order valence-corrected chi connectivity index (χ2v) is 5.21. The van der Waals surface area contributed by atoms with E-state index in [1.54, 1.807) is 11.4 Å². The van der Waals surface area contributed by atoms with Crippen molar-refractivity contribution in [1.82, 2.24) is 0 Å². The minimum absolute atomic E-state index is 0.105. The molecule has 0 radical (unpaired) electrons. The molecule has 0 fully saturated rings. The zero-order valence-corrected chi connectivity index (χ0v) is 12.6. The summed E-state index contributed by atoms with van der Waals surface area (Å²) in [5.74, 6) is -1.53. The van der Waals surface area contributed by atoms with Crippen molar-refractivity contribution in [3.05, 3.63) is 29.3 Å². The van der Waals surface area contributed by atoms with Gasteiger partial charge in [-0.1, -0.05) is 6.07 Å². The van der Waals surface area contributed by atoms with Crippen LogP contribution in [0.2, 0.25) is 0 Å². The van der Waals surface area contributed by atoms with Crippen LogP contribution in [0.15, 0.2) is 18.2 Å². The quantitative estimate of drug-likeness (QED) is 0.479. The lowest BCUT2D eigenvalue weighted by Gasteiger charge is -2.16. The number of amides is 1. The molecule has 21 heavy (non-hydrogen) atoms. The third kappa shape index (κ3) is 5.93. The van der Waals surface area contributed by atoms with Gasteiger partial charge in [0.1, 0.15) is 6.04 Å². The lowest BCUT2D eigenvalue weighted by atomic mass is 10.1. The van der Waals surface area contributed by atoms with E-state index in [4.69, 9.17) is 0 Å². The van der Waals surface area contributed by atoms with E-state index in [0.29, 0.717) is 12.2 Å². The molecule has 0 aliphatic heterocycles. The molecular weight excluding hydrogens is 270 g/mol. The molecule has 0 aliphatic rings. The molecule has 0 saturated heterocycles. The Hall–Kier alpha value is -1.92. The van der Waals surface area contributed by atoms with E-state index in [-0.39, 0.29) is 12.3 Å². The number of rotatable bonds is 8. The van der Waals surface area contributed by atoms with E-state index in [0.717, 1.165) is 24.1 Å². The van der Waals surface area contributed by atoms with Crippen molar-refractivity contribution in [2.75, 3.05) is 18.4 Å². The molecule has 0 aromatic heterocycles. The van der Waals surface area contributed by atoms with Gasteiger partial charge in [-0.3, -0.25) is 4.79 Å². The Bertz CT molecular complexity index is 503. The van der Waals surface area contributed by atoms with Gasteiger partial charge in [-0.15, -0.1) is 0 Å². The van der Waals surface area contributed by atoms with E-state index in [2.05, 4.69) is 11.1 Å². The number of carbonyl (C=O) groups excluding carboxylic acids is 2. The van der Waals surface area contributed by atoms with Gasteiger partial charge in [-0.2, -0.15) is 0 Å². The molecule has 1 aromatic rings. The number of hydrogen-bond donors (Lipinski definition) is 3. The molecule has 1 aromatic carbocycles. The number of benzene rings is 1. The maximum Gasteiger partial charge on any atom is 0.230 e. The first-order valence-electron chi connectivity index (χ1n) is 7.14. The summed E-state index contributed by atoms with van der Waals surface area (Å²) in [4.78, 5) is 23.0. The largest absolute Gasteiger partial charge is 0.544 e. The Morgan fingerprint density at radius 3 is 2.62 bits per heavy atom. The Morgan fingerprint density at radius 2 is 2.05 bits per heavy atom. The molecule has 1 rings (SSSR count). The number of aliphatic carboxylic acids is 1. The summed E-state index contributed by atoms with van der Waals surface area (Å²) in [6.07, 6.45) is 0.703. The van der Waals surface area contributed by atoms with Gasteiger partial charge in [0.05, 0.1) is 25.5 Å². The minimum Gasteiger partial charge on any atom is -0.544 e. The molecule has 116 valence electrons. The van der Waals surface area contributed by atoms with Crippen molar-refractivity contribution in [3.8, 4) is 0 Å². The maximum atomic E-state index is 11.9. The summed E-state index contributed by atoms with van der Waals surface area (Å²) < 4.78 is 0. The Balaban J connectivity index is 2.56. The van der Waals surface area contributed by atoms with Gasteiger partial charge in [-0.25, -0.2) is 0 Å². The Labute approximate surface area is 124 Å². The average Bonchev–Trinajstić information content (AvgIpc) is 2.42. The molecule has 0 spiro atoms. The summed E-state index contributed by atoms with van der Waals surface area (Å²) in [7, 11) is 0. The minimum atomic E-state index is -1.21. The first-order valence-corrected chi connectivity index (χ1v) is 7.14. The van der Waals surface area contributed by atoms with Crippen LogP contribution < -0.4 is 21.5 Å². The van der Waals surface area contributed by atoms with E-state index < -0.39 is 12.0 Å².